The average molecular weight is 569 g/mol. The lowest BCUT2D eigenvalue weighted by atomic mass is 9.82. The van der Waals surface area contributed by atoms with Crippen LogP contribution in [0.3, 0.4) is 0 Å². The van der Waals surface area contributed by atoms with E-state index in [1.165, 1.54) is 25.3 Å². The Balaban J connectivity index is 1.53. The molecule has 5 rings (SSSR count). The number of aliphatic hydroxyl groups is 1. The maximum atomic E-state index is 14.3. The van der Waals surface area contributed by atoms with Gasteiger partial charge in [0, 0.05) is 34.0 Å². The molecule has 8 heteroatoms. The van der Waals surface area contributed by atoms with Crippen LogP contribution in [0.2, 0.25) is 0 Å². The number of aromatic nitrogens is 1. The van der Waals surface area contributed by atoms with E-state index < -0.39 is 28.4 Å². The second kappa shape index (κ2) is 10.7. The van der Waals surface area contributed by atoms with Crippen LogP contribution in [-0.4, -0.2) is 28.9 Å². The lowest BCUT2D eigenvalue weighted by Gasteiger charge is -2.28. The normalized spacial score (nSPS) is 15.3. The number of nitrogens with zero attached hydrogens (tertiary/aromatic N) is 1. The molecule has 1 aliphatic carbocycles. The molecule has 1 unspecified atom stereocenters. The molecule has 1 fully saturated rings. The number of hydrogen-bond donors (Lipinski definition) is 2. The van der Waals surface area contributed by atoms with E-state index in [1.807, 2.05) is 24.3 Å². The number of carbonyl (C=O) groups excluding carboxylic acids is 1. The summed E-state index contributed by atoms with van der Waals surface area (Å²) >= 11 is 0. The lowest BCUT2D eigenvalue weighted by Crippen LogP contribution is -2.44. The Kier molecular flexibility index (Phi) is 7.42. The van der Waals surface area contributed by atoms with Crippen molar-refractivity contribution in [1.29, 1.82) is 0 Å². The van der Waals surface area contributed by atoms with Gasteiger partial charge in [-0.05, 0) is 79.3 Å². The summed E-state index contributed by atoms with van der Waals surface area (Å²) in [4.78, 5) is 25.9. The van der Waals surface area contributed by atoms with Crippen molar-refractivity contribution in [2.24, 2.45) is 0 Å². The molecular formula is C34H33FN2O5. The zero-order valence-corrected chi connectivity index (χ0v) is 24.3. The number of anilines is 1. The van der Waals surface area contributed by atoms with Gasteiger partial charge in [0.05, 0.1) is 18.2 Å². The van der Waals surface area contributed by atoms with Crippen molar-refractivity contribution in [3.8, 4) is 17.6 Å². The van der Waals surface area contributed by atoms with E-state index in [0.717, 1.165) is 5.56 Å². The minimum Gasteiger partial charge on any atom is -0.496 e. The van der Waals surface area contributed by atoms with Gasteiger partial charge < -0.3 is 19.7 Å². The molecule has 1 atom stereocenters. The smallest absolute Gasteiger partial charge is 0.366 e. The van der Waals surface area contributed by atoms with Crippen molar-refractivity contribution >= 4 is 22.4 Å². The maximum absolute atomic E-state index is 14.3. The van der Waals surface area contributed by atoms with E-state index in [1.54, 1.807) is 25.1 Å². The van der Waals surface area contributed by atoms with E-state index >= 15 is 0 Å². The predicted molar refractivity (Wildman–Crippen MR) is 159 cm³/mol. The molecule has 0 radical (unpaired) electrons. The van der Waals surface area contributed by atoms with Crippen molar-refractivity contribution in [3.05, 3.63) is 99.3 Å². The van der Waals surface area contributed by atoms with Gasteiger partial charge in [0.25, 0.3) is 5.91 Å². The monoisotopic (exact) mass is 568 g/mol. The number of halogens is 1. The van der Waals surface area contributed by atoms with E-state index in [-0.39, 0.29) is 11.8 Å². The maximum Gasteiger partial charge on any atom is 0.366 e. The summed E-state index contributed by atoms with van der Waals surface area (Å²) in [5.74, 6) is 5.15. The first-order valence-electron chi connectivity index (χ1n) is 13.8. The summed E-state index contributed by atoms with van der Waals surface area (Å²) < 4.78 is 24.6. The molecule has 0 aliphatic heterocycles. The molecular weight excluding hydrogens is 535 g/mol. The highest BCUT2D eigenvalue weighted by atomic mass is 19.1. The van der Waals surface area contributed by atoms with Crippen molar-refractivity contribution in [1.82, 2.24) is 5.16 Å². The summed E-state index contributed by atoms with van der Waals surface area (Å²) in [6.07, 6.45) is 1.18. The molecule has 7 nitrogen and oxygen atoms in total. The predicted octanol–water partition coefficient (Wildman–Crippen LogP) is 5.78. The number of rotatable bonds is 6. The fourth-order valence-electron chi connectivity index (χ4n) is 5.23. The third-order valence-corrected chi connectivity index (χ3v) is 7.87. The first-order valence-corrected chi connectivity index (χ1v) is 13.8. The largest absolute Gasteiger partial charge is 0.496 e. The topological polar surface area (TPSA) is 102 Å². The number of benzene rings is 3. The van der Waals surface area contributed by atoms with Crippen LogP contribution < -0.4 is 15.7 Å². The first-order chi connectivity index (χ1) is 19.8. The zero-order valence-electron chi connectivity index (χ0n) is 24.3. The van der Waals surface area contributed by atoms with Crippen molar-refractivity contribution in [3.63, 3.8) is 0 Å². The SMILES string of the molecule is COc1ccc(F)cc1C1(CC(O)(C#Cc2ccc(C(C)(C)C)cc2)C(=O)Nc2ccc3c(=O)onc(C)c3c2)CC1. The molecule has 216 valence electrons. The minimum absolute atomic E-state index is 0.0381. The Hall–Kier alpha value is -4.48. The molecule has 42 heavy (non-hydrogen) atoms. The van der Waals surface area contributed by atoms with Gasteiger partial charge in [-0.3, -0.25) is 4.79 Å². The Morgan fingerprint density at radius 1 is 1.10 bits per heavy atom. The third-order valence-electron chi connectivity index (χ3n) is 7.87. The fraction of sp³-hybridized carbons (Fsp3) is 0.324. The summed E-state index contributed by atoms with van der Waals surface area (Å²) in [5.41, 5.74) is -0.284. The van der Waals surface area contributed by atoms with Crippen LogP contribution in [-0.2, 0) is 15.6 Å². The Morgan fingerprint density at radius 2 is 1.81 bits per heavy atom. The number of amides is 1. The number of aryl methyl sites for hydroxylation is 1. The fourth-order valence-corrected chi connectivity index (χ4v) is 5.23. The van der Waals surface area contributed by atoms with Gasteiger partial charge in [0.2, 0.25) is 5.60 Å². The van der Waals surface area contributed by atoms with Gasteiger partial charge in [-0.25, -0.2) is 9.18 Å². The van der Waals surface area contributed by atoms with Crippen LogP contribution in [0.1, 0.15) is 62.4 Å². The summed E-state index contributed by atoms with van der Waals surface area (Å²) in [5, 5.41) is 19.3. The molecule has 0 bridgehead atoms. The molecule has 1 aromatic heterocycles. The van der Waals surface area contributed by atoms with E-state index in [0.29, 0.717) is 51.9 Å². The van der Waals surface area contributed by atoms with Crippen LogP contribution in [0.4, 0.5) is 10.1 Å². The molecule has 0 spiro atoms. The lowest BCUT2D eigenvalue weighted by molar-refractivity contribution is -0.130. The molecule has 1 saturated carbocycles. The van der Waals surface area contributed by atoms with Gasteiger partial charge in [-0.15, -0.1) is 0 Å². The van der Waals surface area contributed by atoms with Crippen molar-refractivity contribution < 1.29 is 23.6 Å². The molecule has 4 aromatic rings. The van der Waals surface area contributed by atoms with E-state index in [2.05, 4.69) is 43.1 Å². The number of fused-ring (bicyclic) bond motifs is 1. The van der Waals surface area contributed by atoms with Gasteiger partial charge in [-0.2, -0.15) is 0 Å². The molecule has 1 aliphatic rings. The number of nitrogens with one attached hydrogen (secondary N) is 1. The molecule has 1 heterocycles. The van der Waals surface area contributed by atoms with E-state index in [4.69, 9.17) is 9.26 Å². The van der Waals surface area contributed by atoms with Crippen LogP contribution >= 0.6 is 0 Å². The van der Waals surface area contributed by atoms with Gasteiger partial charge in [-0.1, -0.05) is 49.9 Å². The van der Waals surface area contributed by atoms with Crippen LogP contribution in [0.5, 0.6) is 5.75 Å². The van der Waals surface area contributed by atoms with Gasteiger partial charge >= 0.3 is 5.63 Å². The quantitative estimate of drug-likeness (QED) is 0.286. The van der Waals surface area contributed by atoms with Gasteiger partial charge in [0.1, 0.15) is 11.6 Å². The molecule has 0 saturated heterocycles. The second-order valence-electron chi connectivity index (χ2n) is 12.0. The first kappa shape index (κ1) is 29.0. The number of methoxy groups -OCH3 is 1. The van der Waals surface area contributed by atoms with Crippen LogP contribution in [0, 0.1) is 24.6 Å². The number of carbonyl (C=O) groups is 1. The summed E-state index contributed by atoms with van der Waals surface area (Å²) in [6, 6.07) is 16.6. The highest BCUT2D eigenvalue weighted by molar-refractivity contribution is 6.01. The Labute approximate surface area is 243 Å². The molecule has 2 N–H and O–H groups in total. The average Bonchev–Trinajstić information content (AvgIpc) is 3.74. The standard InChI is InChI=1S/C34H33FN2O5/c1-21-27-19-25(11-12-26(27)30(38)42-37-21)36-31(39)34(40,15-14-22-6-8-23(9-7-22)32(2,3)4)20-33(16-17-33)28-18-24(35)10-13-29(28)41-5/h6-13,18-19,40H,16-17,20H2,1-5H3,(H,36,39). The van der Waals surface area contributed by atoms with E-state index in [9.17, 15) is 19.1 Å². The molecule has 3 aromatic carbocycles. The van der Waals surface area contributed by atoms with Crippen molar-refractivity contribution in [2.45, 2.75) is 63.4 Å². The summed E-state index contributed by atoms with van der Waals surface area (Å²) in [6.45, 7) is 8.03. The zero-order chi connectivity index (χ0) is 30.3. The van der Waals surface area contributed by atoms with Crippen molar-refractivity contribution in [2.75, 3.05) is 12.4 Å². The second-order valence-corrected chi connectivity index (χ2v) is 12.0. The van der Waals surface area contributed by atoms with Crippen LogP contribution in [0.25, 0.3) is 10.8 Å². The highest BCUT2D eigenvalue weighted by Crippen LogP contribution is 2.56. The Morgan fingerprint density at radius 3 is 2.45 bits per heavy atom. The Bertz CT molecular complexity index is 1790. The minimum atomic E-state index is -2.14. The number of ether oxygens (including phenoxy) is 1. The van der Waals surface area contributed by atoms with Crippen LogP contribution in [0.15, 0.2) is 70.0 Å². The van der Waals surface area contributed by atoms with Gasteiger partial charge in [0.15, 0.2) is 0 Å². The number of hydrogen-bond acceptors (Lipinski definition) is 6. The highest BCUT2D eigenvalue weighted by Gasteiger charge is 2.53. The third kappa shape index (κ3) is 5.79. The summed E-state index contributed by atoms with van der Waals surface area (Å²) in [7, 11) is 1.50. The molecule has 1 amide bonds.